The van der Waals surface area contributed by atoms with Gasteiger partial charge in [-0.2, -0.15) is 0 Å². The number of fused-ring (bicyclic) bond motifs is 1. The van der Waals surface area contributed by atoms with Gasteiger partial charge in [0, 0.05) is 6.54 Å². The highest BCUT2D eigenvalue weighted by atomic mass is 16.3. The van der Waals surface area contributed by atoms with Crippen molar-refractivity contribution in [3.05, 3.63) is 35.9 Å². The Morgan fingerprint density at radius 1 is 1.00 bits per heavy atom. The zero-order valence-corrected chi connectivity index (χ0v) is 24.3. The van der Waals surface area contributed by atoms with Crippen molar-refractivity contribution in [2.75, 3.05) is 13.6 Å². The Morgan fingerprint density at radius 2 is 1.70 bits per heavy atom. The smallest absolute Gasteiger partial charge is 0.0601 e. The fourth-order valence-electron chi connectivity index (χ4n) is 8.96. The third-order valence-electron chi connectivity index (χ3n) is 11.7. The molecule has 3 fully saturated rings. The molecule has 0 amide bonds. The second kappa shape index (κ2) is 12.1. The normalized spacial score (nSPS) is 39.9. The summed E-state index contributed by atoms with van der Waals surface area (Å²) in [5.41, 5.74) is 1.43. The van der Waals surface area contributed by atoms with Gasteiger partial charge in [-0.25, -0.2) is 0 Å². The van der Waals surface area contributed by atoms with Crippen molar-refractivity contribution in [2.24, 2.45) is 40.4 Å². The summed E-state index contributed by atoms with van der Waals surface area (Å²) >= 11 is 0. The van der Waals surface area contributed by atoms with Crippen molar-refractivity contribution in [3.63, 3.8) is 0 Å². The van der Waals surface area contributed by atoms with Crippen LogP contribution in [0.3, 0.4) is 0 Å². The van der Waals surface area contributed by atoms with Crippen molar-refractivity contribution in [1.82, 2.24) is 4.90 Å². The lowest BCUT2D eigenvalue weighted by atomic mass is 9.52. The SMILES string of the molecule is C[C@H](CCCN(C)Cc1ccccc1)[C@H]1CC[C@@H](C)[C@]1(C)[C@@H](O)C[C@H]1C[C@H](O)CC2C[C@H](O)CC[C@@]21C. The summed E-state index contributed by atoms with van der Waals surface area (Å²) in [6.45, 7) is 11.7. The molecule has 0 heterocycles. The first-order chi connectivity index (χ1) is 17.5. The third-order valence-corrected chi connectivity index (χ3v) is 11.7. The summed E-state index contributed by atoms with van der Waals surface area (Å²) in [7, 11) is 2.22. The minimum atomic E-state index is -0.335. The molecule has 4 heteroatoms. The molecule has 0 bridgehead atoms. The average Bonchev–Trinajstić information content (AvgIpc) is 3.16. The minimum Gasteiger partial charge on any atom is -0.393 e. The Hall–Kier alpha value is -0.940. The fourth-order valence-corrected chi connectivity index (χ4v) is 8.96. The molecule has 0 saturated heterocycles. The Balaban J connectivity index is 1.36. The maximum absolute atomic E-state index is 11.9. The van der Waals surface area contributed by atoms with Crippen molar-refractivity contribution in [2.45, 2.75) is 117 Å². The van der Waals surface area contributed by atoms with Gasteiger partial charge in [-0.15, -0.1) is 0 Å². The summed E-state index contributed by atoms with van der Waals surface area (Å²) in [6.07, 6.45) is 9.07. The minimum absolute atomic E-state index is 0.0716. The topological polar surface area (TPSA) is 63.9 Å². The van der Waals surface area contributed by atoms with Gasteiger partial charge in [0.15, 0.2) is 0 Å². The van der Waals surface area contributed by atoms with Crippen LogP contribution in [0.2, 0.25) is 0 Å². The molecule has 1 aromatic rings. The molecular formula is C33H55NO3. The van der Waals surface area contributed by atoms with Crippen LogP contribution in [-0.4, -0.2) is 52.1 Å². The van der Waals surface area contributed by atoms with Crippen LogP contribution in [0.4, 0.5) is 0 Å². The quantitative estimate of drug-likeness (QED) is 0.345. The van der Waals surface area contributed by atoms with E-state index >= 15 is 0 Å². The summed E-state index contributed by atoms with van der Waals surface area (Å²) in [5.74, 6) is 2.35. The first-order valence-corrected chi connectivity index (χ1v) is 15.3. The first-order valence-electron chi connectivity index (χ1n) is 15.3. The molecule has 0 aliphatic heterocycles. The molecule has 210 valence electrons. The van der Waals surface area contributed by atoms with E-state index in [1.807, 2.05) is 0 Å². The molecular weight excluding hydrogens is 458 g/mol. The molecule has 10 atom stereocenters. The van der Waals surface area contributed by atoms with E-state index in [1.165, 1.54) is 31.2 Å². The zero-order chi connectivity index (χ0) is 26.8. The molecule has 4 nitrogen and oxygen atoms in total. The van der Waals surface area contributed by atoms with E-state index in [1.54, 1.807) is 0 Å². The van der Waals surface area contributed by atoms with Crippen molar-refractivity contribution in [3.8, 4) is 0 Å². The summed E-state index contributed by atoms with van der Waals surface area (Å²) in [5, 5.41) is 33.0. The van der Waals surface area contributed by atoms with Crippen LogP contribution in [0.15, 0.2) is 30.3 Å². The number of aliphatic hydroxyl groups is 3. The number of aliphatic hydroxyl groups excluding tert-OH is 3. The van der Waals surface area contributed by atoms with Crippen LogP contribution in [-0.2, 0) is 6.54 Å². The molecule has 3 saturated carbocycles. The van der Waals surface area contributed by atoms with Crippen LogP contribution in [0.25, 0.3) is 0 Å². The van der Waals surface area contributed by atoms with Crippen molar-refractivity contribution >= 4 is 0 Å². The van der Waals surface area contributed by atoms with Gasteiger partial charge < -0.3 is 20.2 Å². The summed E-state index contributed by atoms with van der Waals surface area (Å²) in [6, 6.07) is 10.7. The second-order valence-corrected chi connectivity index (χ2v) is 14.0. The Labute approximate surface area is 226 Å². The maximum atomic E-state index is 11.9. The number of rotatable bonds is 10. The Morgan fingerprint density at radius 3 is 2.43 bits per heavy atom. The van der Waals surface area contributed by atoms with E-state index in [0.717, 1.165) is 51.6 Å². The molecule has 3 aliphatic rings. The van der Waals surface area contributed by atoms with Crippen molar-refractivity contribution in [1.29, 1.82) is 0 Å². The summed E-state index contributed by atoms with van der Waals surface area (Å²) in [4.78, 5) is 2.43. The molecule has 37 heavy (non-hydrogen) atoms. The number of benzene rings is 1. The van der Waals surface area contributed by atoms with E-state index in [0.29, 0.717) is 29.6 Å². The lowest BCUT2D eigenvalue weighted by molar-refractivity contribution is -0.116. The zero-order valence-electron chi connectivity index (χ0n) is 24.3. The lowest BCUT2D eigenvalue weighted by Crippen LogP contribution is -2.51. The predicted molar refractivity (Wildman–Crippen MR) is 152 cm³/mol. The van der Waals surface area contributed by atoms with Gasteiger partial charge in [-0.1, -0.05) is 58.0 Å². The van der Waals surface area contributed by atoms with E-state index in [9.17, 15) is 15.3 Å². The standard InChI is InChI=1S/C33H55NO3/c1-23(10-9-17-34(5)22-25-11-7-6-8-12-25)30-14-13-24(2)33(30,4)31(37)21-27-20-29(36)19-26-18-28(35)15-16-32(26,27)3/h6-8,11-12,23-24,26-31,35-37H,9-10,13-22H2,1-5H3/t23-,24-,26?,27-,28-,29-,30-,31+,32+,33+/m1/s1. The lowest BCUT2D eigenvalue weighted by Gasteiger charge is -2.54. The van der Waals surface area contributed by atoms with Crippen molar-refractivity contribution < 1.29 is 15.3 Å². The van der Waals surface area contributed by atoms with Crippen LogP contribution >= 0.6 is 0 Å². The van der Waals surface area contributed by atoms with Crippen LogP contribution in [0, 0.1) is 40.4 Å². The van der Waals surface area contributed by atoms with Crippen LogP contribution in [0.5, 0.6) is 0 Å². The van der Waals surface area contributed by atoms with Gasteiger partial charge >= 0.3 is 0 Å². The molecule has 0 spiro atoms. The van der Waals surface area contributed by atoms with Gasteiger partial charge in [0.25, 0.3) is 0 Å². The number of hydrogen-bond acceptors (Lipinski definition) is 4. The monoisotopic (exact) mass is 513 g/mol. The van der Waals surface area contributed by atoms with Gasteiger partial charge in [0.05, 0.1) is 18.3 Å². The highest BCUT2D eigenvalue weighted by molar-refractivity contribution is 5.14. The van der Waals surface area contributed by atoms with E-state index in [-0.39, 0.29) is 29.1 Å². The highest BCUT2D eigenvalue weighted by Crippen LogP contribution is 2.59. The highest BCUT2D eigenvalue weighted by Gasteiger charge is 2.54. The third kappa shape index (κ3) is 6.29. The van der Waals surface area contributed by atoms with E-state index < -0.39 is 0 Å². The predicted octanol–water partition coefficient (Wildman–Crippen LogP) is 6.28. The van der Waals surface area contributed by atoms with E-state index in [2.05, 4.69) is 70.0 Å². The number of nitrogens with zero attached hydrogens (tertiary/aromatic N) is 1. The molecule has 3 N–H and O–H groups in total. The average molecular weight is 514 g/mol. The largest absolute Gasteiger partial charge is 0.393 e. The fraction of sp³-hybridized carbons (Fsp3) is 0.818. The Bertz CT molecular complexity index is 845. The van der Waals surface area contributed by atoms with Gasteiger partial charge in [0.1, 0.15) is 0 Å². The molecule has 0 aromatic heterocycles. The number of hydrogen-bond donors (Lipinski definition) is 3. The van der Waals surface area contributed by atoms with Gasteiger partial charge in [-0.05, 0) is 124 Å². The molecule has 0 radical (unpaired) electrons. The van der Waals surface area contributed by atoms with E-state index in [4.69, 9.17) is 0 Å². The molecule has 3 aliphatic carbocycles. The first kappa shape index (κ1) is 29.1. The van der Waals surface area contributed by atoms with Gasteiger partial charge in [0.2, 0.25) is 0 Å². The Kier molecular flexibility index (Phi) is 9.47. The summed E-state index contributed by atoms with van der Waals surface area (Å²) < 4.78 is 0. The molecule has 1 aromatic carbocycles. The molecule has 1 unspecified atom stereocenters. The van der Waals surface area contributed by atoms with Crippen LogP contribution in [0.1, 0.15) is 97.5 Å². The second-order valence-electron chi connectivity index (χ2n) is 14.0. The van der Waals surface area contributed by atoms with Gasteiger partial charge in [-0.3, -0.25) is 0 Å². The maximum Gasteiger partial charge on any atom is 0.0601 e. The molecule has 4 rings (SSSR count). The van der Waals surface area contributed by atoms with Crippen LogP contribution < -0.4 is 0 Å².